The first-order chi connectivity index (χ1) is 10.6. The standard InChI is InChI=1S/C14H27N5O2S.HI/c1-3-15-14(17-10-13-19-11-5-6-12-19)16-8-7-9-18-22(20,21)4-2;/h5-6,11-12,18H,3-4,7-10,13H2,1-2H3,(H2,15,16,17);1H. The normalized spacial score (nSPS) is 11.8. The molecule has 1 heterocycles. The third-order valence-electron chi connectivity index (χ3n) is 2.98. The second-order valence-corrected chi connectivity index (χ2v) is 6.86. The molecule has 0 saturated carbocycles. The van der Waals surface area contributed by atoms with E-state index in [-0.39, 0.29) is 29.7 Å². The van der Waals surface area contributed by atoms with Gasteiger partial charge >= 0.3 is 0 Å². The Morgan fingerprint density at radius 2 is 1.83 bits per heavy atom. The molecule has 0 unspecified atom stereocenters. The van der Waals surface area contributed by atoms with Gasteiger partial charge in [0.05, 0.1) is 5.75 Å². The quantitative estimate of drug-likeness (QED) is 0.212. The van der Waals surface area contributed by atoms with Crippen molar-refractivity contribution in [2.75, 3.05) is 31.9 Å². The molecule has 7 nitrogen and oxygen atoms in total. The first-order valence-electron chi connectivity index (χ1n) is 7.67. The summed E-state index contributed by atoms with van der Waals surface area (Å²) in [5, 5.41) is 6.43. The molecule has 3 N–H and O–H groups in total. The summed E-state index contributed by atoms with van der Waals surface area (Å²) in [5.74, 6) is 0.868. The van der Waals surface area contributed by atoms with Crippen molar-refractivity contribution in [3.63, 3.8) is 0 Å². The smallest absolute Gasteiger partial charge is 0.211 e. The Hall–Kier alpha value is -0.810. The zero-order valence-electron chi connectivity index (χ0n) is 13.8. The number of rotatable bonds is 10. The number of nitrogens with one attached hydrogen (secondary N) is 3. The van der Waals surface area contributed by atoms with Gasteiger partial charge in [0.25, 0.3) is 0 Å². The van der Waals surface area contributed by atoms with Gasteiger partial charge in [-0.2, -0.15) is 0 Å². The summed E-state index contributed by atoms with van der Waals surface area (Å²) < 4.78 is 27.2. The van der Waals surface area contributed by atoms with Gasteiger partial charge in [0.15, 0.2) is 5.96 Å². The maximum atomic E-state index is 11.3. The van der Waals surface area contributed by atoms with Crippen molar-refractivity contribution in [1.29, 1.82) is 0 Å². The third kappa shape index (κ3) is 10.6. The van der Waals surface area contributed by atoms with Gasteiger partial charge in [-0.25, -0.2) is 13.1 Å². The molecule has 0 atom stereocenters. The van der Waals surface area contributed by atoms with Crippen LogP contribution in [0.2, 0.25) is 0 Å². The average Bonchev–Trinajstić information content (AvgIpc) is 3.00. The van der Waals surface area contributed by atoms with E-state index in [4.69, 9.17) is 0 Å². The van der Waals surface area contributed by atoms with E-state index in [0.29, 0.717) is 19.5 Å². The van der Waals surface area contributed by atoms with Crippen molar-refractivity contribution in [3.8, 4) is 0 Å². The number of aliphatic imine (C=N–C) groups is 1. The fraction of sp³-hybridized carbons (Fsp3) is 0.643. The highest BCUT2D eigenvalue weighted by atomic mass is 127. The fourth-order valence-electron chi connectivity index (χ4n) is 1.76. The van der Waals surface area contributed by atoms with Crippen LogP contribution in [0.25, 0.3) is 0 Å². The zero-order chi connectivity index (χ0) is 16.3. The van der Waals surface area contributed by atoms with Crippen LogP contribution in [0.15, 0.2) is 29.5 Å². The monoisotopic (exact) mass is 457 g/mol. The minimum absolute atomic E-state index is 0. The second kappa shape index (κ2) is 12.6. The molecule has 9 heteroatoms. The van der Waals surface area contributed by atoms with Crippen molar-refractivity contribution >= 4 is 40.0 Å². The SMILES string of the molecule is CCNC(=NCCCNS(=O)(=O)CC)NCCn1cccc1.I. The van der Waals surface area contributed by atoms with Gasteiger partial charge in [-0.3, -0.25) is 4.99 Å². The predicted molar refractivity (Wildman–Crippen MR) is 106 cm³/mol. The van der Waals surface area contributed by atoms with Crippen LogP contribution in [0, 0.1) is 0 Å². The molecule has 0 aliphatic rings. The molecule has 1 aromatic rings. The Morgan fingerprint density at radius 1 is 1.13 bits per heavy atom. The molecule has 0 bridgehead atoms. The van der Waals surface area contributed by atoms with Crippen LogP contribution in [-0.4, -0.2) is 50.9 Å². The van der Waals surface area contributed by atoms with Gasteiger partial charge in [-0.1, -0.05) is 0 Å². The molecule has 23 heavy (non-hydrogen) atoms. The van der Waals surface area contributed by atoms with E-state index >= 15 is 0 Å². The number of aromatic nitrogens is 1. The van der Waals surface area contributed by atoms with Crippen LogP contribution in [0.1, 0.15) is 20.3 Å². The molecule has 0 aliphatic carbocycles. The summed E-state index contributed by atoms with van der Waals surface area (Å²) in [4.78, 5) is 4.43. The lowest BCUT2D eigenvalue weighted by atomic mass is 10.4. The number of hydrogen-bond donors (Lipinski definition) is 3. The third-order valence-corrected chi connectivity index (χ3v) is 4.38. The molecular formula is C14H28IN5O2S. The number of guanidine groups is 1. The number of sulfonamides is 1. The molecule has 0 aromatic carbocycles. The van der Waals surface area contributed by atoms with Crippen LogP contribution in [-0.2, 0) is 16.6 Å². The Labute approximate surface area is 156 Å². The zero-order valence-corrected chi connectivity index (χ0v) is 16.9. The predicted octanol–water partition coefficient (Wildman–Crippen LogP) is 0.991. The van der Waals surface area contributed by atoms with E-state index < -0.39 is 10.0 Å². The molecule has 0 radical (unpaired) electrons. The van der Waals surface area contributed by atoms with Gasteiger partial charge < -0.3 is 15.2 Å². The van der Waals surface area contributed by atoms with E-state index in [1.165, 1.54) is 0 Å². The summed E-state index contributed by atoms with van der Waals surface area (Å²) in [7, 11) is -3.10. The molecular weight excluding hydrogens is 429 g/mol. The molecule has 1 rings (SSSR count). The van der Waals surface area contributed by atoms with E-state index in [9.17, 15) is 8.42 Å². The minimum atomic E-state index is -3.10. The average molecular weight is 457 g/mol. The summed E-state index contributed by atoms with van der Waals surface area (Å²) in [5.41, 5.74) is 0. The first kappa shape index (κ1) is 22.2. The highest BCUT2D eigenvalue weighted by molar-refractivity contribution is 14.0. The maximum Gasteiger partial charge on any atom is 0.211 e. The lowest BCUT2D eigenvalue weighted by Crippen LogP contribution is -2.39. The van der Waals surface area contributed by atoms with Crippen molar-refractivity contribution < 1.29 is 8.42 Å². The second-order valence-electron chi connectivity index (χ2n) is 4.76. The van der Waals surface area contributed by atoms with Crippen molar-refractivity contribution in [3.05, 3.63) is 24.5 Å². The van der Waals surface area contributed by atoms with Crippen LogP contribution in [0.5, 0.6) is 0 Å². The molecule has 0 spiro atoms. The van der Waals surface area contributed by atoms with Gasteiger partial charge in [-0.05, 0) is 32.4 Å². The molecule has 0 fully saturated rings. The van der Waals surface area contributed by atoms with Crippen molar-refractivity contribution in [2.45, 2.75) is 26.8 Å². The molecule has 134 valence electrons. The topological polar surface area (TPSA) is 87.5 Å². The van der Waals surface area contributed by atoms with Gasteiger partial charge in [-0.15, -0.1) is 24.0 Å². The lowest BCUT2D eigenvalue weighted by Gasteiger charge is -2.11. The van der Waals surface area contributed by atoms with Crippen LogP contribution in [0.4, 0.5) is 0 Å². The summed E-state index contributed by atoms with van der Waals surface area (Å²) in [6.07, 6.45) is 4.71. The fourth-order valence-corrected chi connectivity index (χ4v) is 2.42. The van der Waals surface area contributed by atoms with E-state index in [1.54, 1.807) is 6.92 Å². The van der Waals surface area contributed by atoms with Crippen molar-refractivity contribution in [1.82, 2.24) is 19.9 Å². The Bertz CT molecular complexity index is 531. The Balaban J connectivity index is 0.00000484. The van der Waals surface area contributed by atoms with E-state index in [2.05, 4.69) is 24.9 Å². The minimum Gasteiger partial charge on any atom is -0.357 e. The van der Waals surface area contributed by atoms with Gasteiger partial charge in [0, 0.05) is 45.1 Å². The summed E-state index contributed by atoms with van der Waals surface area (Å²) in [6.45, 7) is 7.07. The highest BCUT2D eigenvalue weighted by Crippen LogP contribution is 1.89. The highest BCUT2D eigenvalue weighted by Gasteiger charge is 2.04. The molecule has 0 saturated heterocycles. The van der Waals surface area contributed by atoms with Gasteiger partial charge in [0.2, 0.25) is 10.0 Å². The number of hydrogen-bond acceptors (Lipinski definition) is 3. The Kier molecular flexibility index (Phi) is 12.1. The number of halogens is 1. The number of nitrogens with zero attached hydrogens (tertiary/aromatic N) is 2. The molecule has 0 aliphatic heterocycles. The van der Waals surface area contributed by atoms with E-state index in [0.717, 1.165) is 25.6 Å². The van der Waals surface area contributed by atoms with Crippen molar-refractivity contribution in [2.24, 2.45) is 4.99 Å². The summed E-state index contributed by atoms with van der Waals surface area (Å²) >= 11 is 0. The Morgan fingerprint density at radius 3 is 2.43 bits per heavy atom. The van der Waals surface area contributed by atoms with Gasteiger partial charge in [0.1, 0.15) is 0 Å². The molecule has 0 amide bonds. The summed E-state index contributed by atoms with van der Waals surface area (Å²) in [6, 6.07) is 3.99. The van der Waals surface area contributed by atoms with Crippen LogP contribution in [0.3, 0.4) is 0 Å². The maximum absolute atomic E-state index is 11.3. The molecule has 1 aromatic heterocycles. The van der Waals surface area contributed by atoms with Crippen LogP contribution >= 0.6 is 24.0 Å². The largest absolute Gasteiger partial charge is 0.357 e. The van der Waals surface area contributed by atoms with E-state index in [1.807, 2.05) is 31.5 Å². The first-order valence-corrected chi connectivity index (χ1v) is 9.33. The van der Waals surface area contributed by atoms with Crippen LogP contribution < -0.4 is 15.4 Å². The lowest BCUT2D eigenvalue weighted by molar-refractivity contribution is 0.581.